The summed E-state index contributed by atoms with van der Waals surface area (Å²) in [6, 6.07) is 0. The molecule has 0 aromatic carbocycles. The van der Waals surface area contributed by atoms with Gasteiger partial charge in [-0.05, 0) is 12.8 Å². The smallest absolute Gasteiger partial charge is 0.114 e. The maximum atomic E-state index is 6.49. The Labute approximate surface area is 81.8 Å². The van der Waals surface area contributed by atoms with Crippen LogP contribution in [-0.2, 0) is 4.87 Å². The Balaban J connectivity index is 2.19. The van der Waals surface area contributed by atoms with Crippen molar-refractivity contribution in [2.45, 2.75) is 37.0 Å². The van der Waals surface area contributed by atoms with Crippen molar-refractivity contribution in [2.24, 2.45) is 0 Å². The molecule has 12 heavy (non-hydrogen) atoms. The minimum Gasteiger partial charge on any atom is -0.248 e. The average Bonchev–Trinajstić information content (AvgIpc) is 2.58. The van der Waals surface area contributed by atoms with Crippen LogP contribution in [0.4, 0.5) is 0 Å². The molecule has 2 rings (SSSR count). The van der Waals surface area contributed by atoms with E-state index >= 15 is 0 Å². The topological polar surface area (TPSA) is 12.9 Å². The molecule has 0 spiro atoms. The van der Waals surface area contributed by atoms with Crippen LogP contribution in [0.15, 0.2) is 11.6 Å². The standard InChI is InChI=1S/C9H12ClNS/c10-9(4-2-1-3-5-9)8-11-6-7-12-8/h6-7H,1-5H2. The third-order valence-corrected chi connectivity index (χ3v) is 4.11. The molecule has 1 saturated carbocycles. The van der Waals surface area contributed by atoms with Gasteiger partial charge in [-0.15, -0.1) is 22.9 Å². The normalized spacial score (nSPS) is 22.4. The average molecular weight is 202 g/mol. The zero-order valence-corrected chi connectivity index (χ0v) is 8.50. The minimum atomic E-state index is -0.119. The zero-order valence-electron chi connectivity index (χ0n) is 6.92. The molecule has 1 aromatic rings. The number of hydrogen-bond donors (Lipinski definition) is 0. The first-order valence-electron chi connectivity index (χ1n) is 4.40. The number of nitrogens with zero attached hydrogens (tertiary/aromatic N) is 1. The van der Waals surface area contributed by atoms with Crippen molar-refractivity contribution in [3.05, 3.63) is 16.6 Å². The van der Waals surface area contributed by atoms with Crippen LogP contribution in [0.3, 0.4) is 0 Å². The summed E-state index contributed by atoms with van der Waals surface area (Å²) in [4.78, 5) is 4.18. The molecule has 1 nitrogen and oxygen atoms in total. The SMILES string of the molecule is ClC1(c2nccs2)CCCCC1. The van der Waals surface area contributed by atoms with Gasteiger partial charge in [-0.2, -0.15) is 0 Å². The predicted molar refractivity (Wildman–Crippen MR) is 52.7 cm³/mol. The van der Waals surface area contributed by atoms with E-state index in [1.165, 1.54) is 19.3 Å². The quantitative estimate of drug-likeness (QED) is 0.634. The minimum absolute atomic E-state index is 0.119. The van der Waals surface area contributed by atoms with Crippen LogP contribution in [-0.4, -0.2) is 4.98 Å². The molecule has 0 N–H and O–H groups in total. The second kappa shape index (κ2) is 3.35. The zero-order chi connectivity index (χ0) is 8.44. The molecule has 66 valence electrons. The summed E-state index contributed by atoms with van der Waals surface area (Å²) in [6.07, 6.45) is 7.88. The van der Waals surface area contributed by atoms with E-state index in [-0.39, 0.29) is 4.87 Å². The summed E-state index contributed by atoms with van der Waals surface area (Å²) < 4.78 is 0. The maximum absolute atomic E-state index is 6.49. The van der Waals surface area contributed by atoms with Gasteiger partial charge in [0.25, 0.3) is 0 Å². The van der Waals surface area contributed by atoms with E-state index in [9.17, 15) is 0 Å². The number of alkyl halides is 1. The van der Waals surface area contributed by atoms with Crippen molar-refractivity contribution in [3.63, 3.8) is 0 Å². The van der Waals surface area contributed by atoms with E-state index in [2.05, 4.69) is 4.98 Å². The van der Waals surface area contributed by atoms with Gasteiger partial charge in [0.15, 0.2) is 0 Å². The Kier molecular flexibility index (Phi) is 2.37. The number of halogens is 1. The fourth-order valence-electron chi connectivity index (χ4n) is 1.77. The van der Waals surface area contributed by atoms with Crippen LogP contribution in [0, 0.1) is 0 Å². The van der Waals surface area contributed by atoms with Crippen molar-refractivity contribution >= 4 is 22.9 Å². The maximum Gasteiger partial charge on any atom is 0.114 e. The van der Waals surface area contributed by atoms with Crippen molar-refractivity contribution in [3.8, 4) is 0 Å². The third-order valence-electron chi connectivity index (χ3n) is 2.46. The Hall–Kier alpha value is -0.0800. The molecule has 0 aliphatic heterocycles. The van der Waals surface area contributed by atoms with Crippen molar-refractivity contribution in [1.29, 1.82) is 0 Å². The van der Waals surface area contributed by atoms with Crippen LogP contribution in [0.25, 0.3) is 0 Å². The number of thiazole rings is 1. The molecule has 0 bridgehead atoms. The van der Waals surface area contributed by atoms with E-state index in [0.717, 1.165) is 17.8 Å². The molecule has 0 unspecified atom stereocenters. The summed E-state index contributed by atoms with van der Waals surface area (Å²) in [5.74, 6) is 0. The summed E-state index contributed by atoms with van der Waals surface area (Å²) in [5.41, 5.74) is 0. The fourth-order valence-corrected chi connectivity index (χ4v) is 3.01. The lowest BCUT2D eigenvalue weighted by atomic mass is 9.89. The molecule has 1 aliphatic carbocycles. The molecular formula is C9H12ClNS. The van der Waals surface area contributed by atoms with E-state index in [0.29, 0.717) is 0 Å². The van der Waals surface area contributed by atoms with Gasteiger partial charge < -0.3 is 0 Å². The molecule has 0 atom stereocenters. The lowest BCUT2D eigenvalue weighted by molar-refractivity contribution is 0.398. The molecule has 0 radical (unpaired) electrons. The van der Waals surface area contributed by atoms with Crippen molar-refractivity contribution in [1.82, 2.24) is 4.98 Å². The van der Waals surface area contributed by atoms with Gasteiger partial charge in [-0.3, -0.25) is 0 Å². The van der Waals surface area contributed by atoms with Gasteiger partial charge in [-0.1, -0.05) is 19.3 Å². The van der Waals surface area contributed by atoms with Gasteiger partial charge in [0, 0.05) is 11.6 Å². The van der Waals surface area contributed by atoms with E-state index in [1.54, 1.807) is 11.3 Å². The fraction of sp³-hybridized carbons (Fsp3) is 0.667. The van der Waals surface area contributed by atoms with Crippen molar-refractivity contribution in [2.75, 3.05) is 0 Å². The molecule has 1 aliphatic rings. The second-order valence-corrected chi connectivity index (χ2v) is 4.98. The van der Waals surface area contributed by atoms with Gasteiger partial charge >= 0.3 is 0 Å². The molecule has 0 saturated heterocycles. The summed E-state index contributed by atoms with van der Waals surface area (Å²) in [6.45, 7) is 0. The van der Waals surface area contributed by atoms with E-state index in [4.69, 9.17) is 11.6 Å². The van der Waals surface area contributed by atoms with Crippen LogP contribution < -0.4 is 0 Å². The first kappa shape index (κ1) is 8.52. The van der Waals surface area contributed by atoms with Crippen LogP contribution >= 0.6 is 22.9 Å². The third kappa shape index (κ3) is 1.50. The van der Waals surface area contributed by atoms with E-state index < -0.39 is 0 Å². The van der Waals surface area contributed by atoms with Crippen LogP contribution in [0.2, 0.25) is 0 Å². The van der Waals surface area contributed by atoms with Crippen molar-refractivity contribution < 1.29 is 0 Å². The highest BCUT2D eigenvalue weighted by Crippen LogP contribution is 2.43. The largest absolute Gasteiger partial charge is 0.248 e. The van der Waals surface area contributed by atoms with Gasteiger partial charge in [0.1, 0.15) is 5.01 Å². The number of hydrogen-bond acceptors (Lipinski definition) is 2. The molecule has 0 amide bonds. The number of rotatable bonds is 1. The first-order chi connectivity index (χ1) is 5.81. The second-order valence-electron chi connectivity index (χ2n) is 3.36. The first-order valence-corrected chi connectivity index (χ1v) is 5.66. The molecular weight excluding hydrogens is 190 g/mol. The molecule has 1 heterocycles. The summed E-state index contributed by atoms with van der Waals surface area (Å²) in [5, 5.41) is 3.12. The highest BCUT2D eigenvalue weighted by molar-refractivity contribution is 7.10. The number of aromatic nitrogens is 1. The Morgan fingerprint density at radius 1 is 1.33 bits per heavy atom. The van der Waals surface area contributed by atoms with Crippen LogP contribution in [0.5, 0.6) is 0 Å². The highest BCUT2D eigenvalue weighted by Gasteiger charge is 2.33. The lowest BCUT2D eigenvalue weighted by Crippen LogP contribution is -2.21. The van der Waals surface area contributed by atoms with Gasteiger partial charge in [-0.25, -0.2) is 4.98 Å². The summed E-state index contributed by atoms with van der Waals surface area (Å²) in [7, 11) is 0. The summed E-state index contributed by atoms with van der Waals surface area (Å²) >= 11 is 8.17. The highest BCUT2D eigenvalue weighted by atomic mass is 35.5. The molecule has 1 fully saturated rings. The van der Waals surface area contributed by atoms with E-state index in [1.807, 2.05) is 11.6 Å². The monoisotopic (exact) mass is 201 g/mol. The van der Waals surface area contributed by atoms with Gasteiger partial charge in [0.05, 0.1) is 4.87 Å². The Bertz CT molecular complexity index is 239. The Morgan fingerprint density at radius 3 is 2.67 bits per heavy atom. The van der Waals surface area contributed by atoms with Gasteiger partial charge in [0.2, 0.25) is 0 Å². The molecule has 3 heteroatoms. The molecule has 1 aromatic heterocycles. The predicted octanol–water partition coefficient (Wildman–Crippen LogP) is 3.54. The lowest BCUT2D eigenvalue weighted by Gasteiger charge is -2.28. The Morgan fingerprint density at radius 2 is 2.08 bits per heavy atom. The van der Waals surface area contributed by atoms with Crippen LogP contribution in [0.1, 0.15) is 37.1 Å².